The Labute approximate surface area is 137 Å². The van der Waals surface area contributed by atoms with Crippen LogP contribution in [0, 0.1) is 0 Å². The number of carbonyl (C=O) groups excluding carboxylic acids is 1. The van der Waals surface area contributed by atoms with Gasteiger partial charge in [0.1, 0.15) is 5.69 Å². The Bertz CT molecular complexity index is 895. The lowest BCUT2D eigenvalue weighted by Crippen LogP contribution is -2.14. The van der Waals surface area contributed by atoms with E-state index in [9.17, 15) is 9.59 Å². The summed E-state index contributed by atoms with van der Waals surface area (Å²) in [5.41, 5.74) is 1.96. The van der Waals surface area contributed by atoms with Gasteiger partial charge in [0.2, 0.25) is 0 Å². The lowest BCUT2D eigenvalue weighted by Gasteiger charge is -2.06. The van der Waals surface area contributed by atoms with E-state index in [0.29, 0.717) is 16.9 Å². The van der Waals surface area contributed by atoms with Crippen LogP contribution in [0.2, 0.25) is 0 Å². The number of rotatable bonds is 4. The quantitative estimate of drug-likeness (QED) is 0.771. The summed E-state index contributed by atoms with van der Waals surface area (Å²) in [6.45, 7) is 0. The maximum Gasteiger partial charge on any atom is 0.335 e. The normalized spacial score (nSPS) is 10.2. The number of nitrogens with zero attached hydrogens (tertiary/aromatic N) is 2. The summed E-state index contributed by atoms with van der Waals surface area (Å²) in [4.78, 5) is 31.6. The molecular formula is C18H13N3O3. The van der Waals surface area contributed by atoms with Crippen LogP contribution in [0.3, 0.4) is 0 Å². The van der Waals surface area contributed by atoms with E-state index in [4.69, 9.17) is 5.11 Å². The van der Waals surface area contributed by atoms with Gasteiger partial charge in [0.25, 0.3) is 5.91 Å². The van der Waals surface area contributed by atoms with Crippen molar-refractivity contribution in [3.8, 4) is 11.3 Å². The average molecular weight is 319 g/mol. The van der Waals surface area contributed by atoms with Gasteiger partial charge in [-0.05, 0) is 24.3 Å². The van der Waals surface area contributed by atoms with Crippen molar-refractivity contribution in [3.05, 3.63) is 78.2 Å². The first-order valence-electron chi connectivity index (χ1n) is 7.15. The molecule has 0 saturated carbocycles. The Morgan fingerprint density at radius 2 is 1.75 bits per heavy atom. The van der Waals surface area contributed by atoms with Gasteiger partial charge in [-0.3, -0.25) is 9.78 Å². The number of carboxylic acids is 1. The lowest BCUT2D eigenvalue weighted by atomic mass is 10.1. The highest BCUT2D eigenvalue weighted by Gasteiger charge is 2.11. The number of carbonyl (C=O) groups is 2. The monoisotopic (exact) mass is 319 g/mol. The zero-order valence-corrected chi connectivity index (χ0v) is 12.5. The van der Waals surface area contributed by atoms with Crippen LogP contribution in [-0.2, 0) is 0 Å². The van der Waals surface area contributed by atoms with Crippen molar-refractivity contribution in [2.45, 2.75) is 0 Å². The topological polar surface area (TPSA) is 92.2 Å². The molecule has 2 aromatic carbocycles. The van der Waals surface area contributed by atoms with Crippen molar-refractivity contribution in [3.63, 3.8) is 0 Å². The molecule has 0 radical (unpaired) electrons. The molecule has 24 heavy (non-hydrogen) atoms. The molecule has 1 aromatic heterocycles. The number of aromatic carboxylic acids is 1. The largest absolute Gasteiger partial charge is 0.478 e. The molecule has 118 valence electrons. The highest BCUT2D eigenvalue weighted by molar-refractivity contribution is 6.02. The van der Waals surface area contributed by atoms with Gasteiger partial charge in [0.15, 0.2) is 0 Å². The van der Waals surface area contributed by atoms with E-state index in [2.05, 4.69) is 15.3 Å². The van der Waals surface area contributed by atoms with Gasteiger partial charge < -0.3 is 10.4 Å². The fraction of sp³-hybridized carbons (Fsp3) is 0. The Morgan fingerprint density at radius 1 is 0.958 bits per heavy atom. The Kier molecular flexibility index (Phi) is 4.29. The standard InChI is InChI=1S/C18H13N3O3/c22-17(20-14-7-2-1-3-8-14)16-11-19-10-15(21-16)12-5-4-6-13(9-12)18(23)24/h1-11H,(H,20,22)(H,23,24). The first-order valence-corrected chi connectivity index (χ1v) is 7.15. The van der Waals surface area contributed by atoms with E-state index in [1.54, 1.807) is 24.3 Å². The van der Waals surface area contributed by atoms with Crippen LogP contribution >= 0.6 is 0 Å². The molecule has 0 aliphatic heterocycles. The second-order valence-electron chi connectivity index (χ2n) is 5.00. The smallest absolute Gasteiger partial charge is 0.335 e. The number of aromatic nitrogens is 2. The predicted molar refractivity (Wildman–Crippen MR) is 88.8 cm³/mol. The summed E-state index contributed by atoms with van der Waals surface area (Å²) in [6, 6.07) is 15.3. The van der Waals surface area contributed by atoms with Gasteiger partial charge >= 0.3 is 5.97 Å². The predicted octanol–water partition coefficient (Wildman–Crippen LogP) is 3.09. The average Bonchev–Trinajstić information content (AvgIpc) is 2.63. The van der Waals surface area contributed by atoms with Gasteiger partial charge in [-0.15, -0.1) is 0 Å². The van der Waals surface area contributed by atoms with E-state index >= 15 is 0 Å². The van der Waals surface area contributed by atoms with E-state index in [1.165, 1.54) is 24.5 Å². The number of benzene rings is 2. The van der Waals surface area contributed by atoms with Crippen LogP contribution in [0.15, 0.2) is 67.0 Å². The molecule has 3 aromatic rings. The summed E-state index contributed by atoms with van der Waals surface area (Å²) in [5.74, 6) is -1.41. The summed E-state index contributed by atoms with van der Waals surface area (Å²) in [5, 5.41) is 11.8. The fourth-order valence-corrected chi connectivity index (χ4v) is 2.14. The Balaban J connectivity index is 1.88. The van der Waals surface area contributed by atoms with Crippen LogP contribution in [0.4, 0.5) is 5.69 Å². The molecule has 6 nitrogen and oxygen atoms in total. The maximum atomic E-state index is 12.3. The third-order valence-corrected chi connectivity index (χ3v) is 3.30. The third kappa shape index (κ3) is 3.44. The number of anilines is 1. The van der Waals surface area contributed by atoms with Crippen LogP contribution in [0.5, 0.6) is 0 Å². The summed E-state index contributed by atoms with van der Waals surface area (Å²) in [7, 11) is 0. The van der Waals surface area contributed by atoms with Gasteiger partial charge in [-0.2, -0.15) is 0 Å². The van der Waals surface area contributed by atoms with Crippen molar-refractivity contribution in [2.75, 3.05) is 5.32 Å². The van der Waals surface area contributed by atoms with Gasteiger partial charge in [0, 0.05) is 11.3 Å². The Hall–Kier alpha value is -3.54. The molecule has 0 aliphatic rings. The first-order chi connectivity index (χ1) is 11.6. The number of nitrogens with one attached hydrogen (secondary N) is 1. The molecule has 0 saturated heterocycles. The van der Waals surface area contributed by atoms with Crippen molar-refractivity contribution in [2.24, 2.45) is 0 Å². The molecular weight excluding hydrogens is 306 g/mol. The molecule has 1 heterocycles. The number of hydrogen-bond acceptors (Lipinski definition) is 4. The van der Waals surface area contributed by atoms with Crippen molar-refractivity contribution >= 4 is 17.6 Å². The van der Waals surface area contributed by atoms with E-state index in [1.807, 2.05) is 18.2 Å². The molecule has 0 atom stereocenters. The highest BCUT2D eigenvalue weighted by atomic mass is 16.4. The first kappa shape index (κ1) is 15.4. The number of carboxylic acid groups (broad SMARTS) is 1. The SMILES string of the molecule is O=C(O)c1cccc(-c2cncc(C(=O)Nc3ccccc3)n2)c1. The molecule has 2 N–H and O–H groups in total. The van der Waals surface area contributed by atoms with Crippen LogP contribution in [-0.4, -0.2) is 27.0 Å². The molecule has 1 amide bonds. The van der Waals surface area contributed by atoms with Gasteiger partial charge in [-0.25, -0.2) is 9.78 Å². The molecule has 6 heteroatoms. The van der Waals surface area contributed by atoms with Gasteiger partial charge in [-0.1, -0.05) is 30.3 Å². The minimum atomic E-state index is -1.03. The minimum Gasteiger partial charge on any atom is -0.478 e. The number of hydrogen-bond donors (Lipinski definition) is 2. The summed E-state index contributed by atoms with van der Waals surface area (Å²) in [6.07, 6.45) is 2.85. The third-order valence-electron chi connectivity index (χ3n) is 3.30. The van der Waals surface area contributed by atoms with Gasteiger partial charge in [0.05, 0.1) is 23.7 Å². The molecule has 0 spiro atoms. The minimum absolute atomic E-state index is 0.147. The molecule has 0 bridgehead atoms. The van der Waals surface area contributed by atoms with Crippen LogP contribution < -0.4 is 5.32 Å². The fourth-order valence-electron chi connectivity index (χ4n) is 2.14. The Morgan fingerprint density at radius 3 is 2.50 bits per heavy atom. The number of para-hydroxylation sites is 1. The van der Waals surface area contributed by atoms with Crippen molar-refractivity contribution < 1.29 is 14.7 Å². The zero-order valence-electron chi connectivity index (χ0n) is 12.5. The van der Waals surface area contributed by atoms with E-state index < -0.39 is 5.97 Å². The number of amides is 1. The zero-order chi connectivity index (χ0) is 16.9. The second kappa shape index (κ2) is 6.70. The maximum absolute atomic E-state index is 12.3. The van der Waals surface area contributed by atoms with Crippen LogP contribution in [0.25, 0.3) is 11.3 Å². The molecule has 0 unspecified atom stereocenters. The van der Waals surface area contributed by atoms with Crippen molar-refractivity contribution in [1.82, 2.24) is 9.97 Å². The van der Waals surface area contributed by atoms with E-state index in [0.717, 1.165) is 0 Å². The highest BCUT2D eigenvalue weighted by Crippen LogP contribution is 2.18. The lowest BCUT2D eigenvalue weighted by molar-refractivity contribution is 0.0696. The second-order valence-corrected chi connectivity index (χ2v) is 5.00. The van der Waals surface area contributed by atoms with Crippen molar-refractivity contribution in [1.29, 1.82) is 0 Å². The summed E-state index contributed by atoms with van der Waals surface area (Å²) >= 11 is 0. The molecule has 0 aliphatic carbocycles. The van der Waals surface area contributed by atoms with E-state index in [-0.39, 0.29) is 17.2 Å². The molecule has 0 fully saturated rings. The van der Waals surface area contributed by atoms with Crippen LogP contribution in [0.1, 0.15) is 20.8 Å². The molecule has 3 rings (SSSR count). The summed E-state index contributed by atoms with van der Waals surface area (Å²) < 4.78 is 0.